The van der Waals surface area contributed by atoms with Gasteiger partial charge in [0.15, 0.2) is 0 Å². The quantitative estimate of drug-likeness (QED) is 0.142. The monoisotopic (exact) mass is 609 g/mol. The molecule has 22 heteroatoms. The van der Waals surface area contributed by atoms with Crippen molar-refractivity contribution >= 4 is 38.0 Å². The molecule has 2 rings (SSSR count). The predicted molar refractivity (Wildman–Crippen MR) is 122 cm³/mol. The lowest BCUT2D eigenvalue weighted by atomic mass is 9.88. The van der Waals surface area contributed by atoms with Gasteiger partial charge in [0.05, 0.1) is 0 Å². The van der Waals surface area contributed by atoms with Crippen LogP contribution in [0.2, 0.25) is 0 Å². The summed E-state index contributed by atoms with van der Waals surface area (Å²) in [5, 5.41) is 0. The van der Waals surface area contributed by atoms with Crippen LogP contribution in [0.5, 0.6) is 0 Å². The number of rotatable bonds is 11. The van der Waals surface area contributed by atoms with Gasteiger partial charge in [0, 0.05) is 25.2 Å². The first-order valence-electron chi connectivity index (χ1n) is 10.3. The highest BCUT2D eigenvalue weighted by Crippen LogP contribution is 2.63. The summed E-state index contributed by atoms with van der Waals surface area (Å²) < 4.78 is 63.4. The number of nitrogens with zero attached hydrogens (tertiary/aromatic N) is 3. The third-order valence-electron chi connectivity index (χ3n) is 5.45. The zero-order chi connectivity index (χ0) is 26.9. The Kier molecular flexibility index (Phi) is 10.8. The van der Waals surface area contributed by atoms with Crippen molar-refractivity contribution in [1.29, 1.82) is 0 Å². The Balaban J connectivity index is 2.31. The molecule has 1 saturated heterocycles. The van der Waals surface area contributed by atoms with Crippen LogP contribution in [0.3, 0.4) is 0 Å². The molecule has 1 heterocycles. The predicted octanol–water partition coefficient (Wildman–Crippen LogP) is -0.0748. The highest BCUT2D eigenvalue weighted by molar-refractivity contribution is 7.66. The van der Waals surface area contributed by atoms with Crippen LogP contribution < -0.4 is 0 Å². The molecular weight excluding hydrogens is 577 g/mol. The van der Waals surface area contributed by atoms with Gasteiger partial charge in [-0.1, -0.05) is 12.8 Å². The molecule has 4 atom stereocenters. The summed E-state index contributed by atoms with van der Waals surface area (Å²) in [6.07, 6.45) is -2.35. The summed E-state index contributed by atoms with van der Waals surface area (Å²) in [4.78, 5) is 79.8. The van der Waals surface area contributed by atoms with Gasteiger partial charge in [-0.2, -0.15) is 0 Å². The molecule has 0 radical (unpaired) electrons. The van der Waals surface area contributed by atoms with Crippen LogP contribution in [0.4, 0.5) is 0 Å². The van der Waals surface area contributed by atoms with Gasteiger partial charge in [0.1, 0.15) is 31.4 Å². The van der Waals surface area contributed by atoms with Crippen molar-refractivity contribution in [3.63, 3.8) is 0 Å². The minimum Gasteiger partial charge on any atom is -0.324 e. The largest absolute Gasteiger partial charge is 0.349 e. The SMILES string of the molecule is O=P(O)(O)CN(CCN1CP(=O)(O)OP(=O)(O)C1)[C@@H]1CCCC[C@H]1N(CP(=O)(O)O)CP(=O)(O)O. The number of hydrogen-bond donors (Lipinski definition) is 8. The maximum atomic E-state index is 11.9. The van der Waals surface area contributed by atoms with E-state index in [1.807, 2.05) is 0 Å². The van der Waals surface area contributed by atoms with Crippen LogP contribution in [0.25, 0.3) is 0 Å². The van der Waals surface area contributed by atoms with Gasteiger partial charge in [-0.3, -0.25) is 37.5 Å². The van der Waals surface area contributed by atoms with E-state index in [4.69, 9.17) is 0 Å². The van der Waals surface area contributed by atoms with Crippen LogP contribution in [-0.4, -0.2) is 110 Å². The maximum Gasteiger partial charge on any atom is 0.349 e. The van der Waals surface area contributed by atoms with E-state index in [1.165, 1.54) is 4.90 Å². The molecule has 0 bridgehead atoms. The molecule has 208 valence electrons. The van der Waals surface area contributed by atoms with E-state index in [0.717, 1.165) is 9.80 Å². The Hall–Kier alpha value is 0.670. The zero-order valence-corrected chi connectivity index (χ0v) is 23.0. The molecule has 2 unspecified atom stereocenters. The summed E-state index contributed by atoms with van der Waals surface area (Å²) in [5.74, 6) is 0. The maximum absolute atomic E-state index is 11.9. The molecule has 0 aromatic heterocycles. The fraction of sp³-hybridized carbons (Fsp3) is 1.00. The van der Waals surface area contributed by atoms with Crippen molar-refractivity contribution in [2.45, 2.75) is 37.8 Å². The first-order chi connectivity index (χ1) is 15.6. The van der Waals surface area contributed by atoms with Crippen LogP contribution in [-0.2, 0) is 27.1 Å². The summed E-state index contributed by atoms with van der Waals surface area (Å²) in [5.41, 5.74) is 0. The summed E-state index contributed by atoms with van der Waals surface area (Å²) in [7, 11) is -23.1. The van der Waals surface area contributed by atoms with Crippen LogP contribution in [0.1, 0.15) is 25.7 Å². The molecule has 1 aliphatic carbocycles. The van der Waals surface area contributed by atoms with E-state index >= 15 is 0 Å². The highest BCUT2D eigenvalue weighted by atomic mass is 31.3. The van der Waals surface area contributed by atoms with Gasteiger partial charge in [-0.05, 0) is 12.8 Å². The molecule has 2 fully saturated rings. The van der Waals surface area contributed by atoms with Crippen molar-refractivity contribution in [1.82, 2.24) is 14.7 Å². The molecule has 2 aliphatic rings. The van der Waals surface area contributed by atoms with Gasteiger partial charge < -0.3 is 39.1 Å². The van der Waals surface area contributed by atoms with Crippen molar-refractivity contribution in [2.75, 3.05) is 44.5 Å². The molecule has 8 N–H and O–H groups in total. The van der Waals surface area contributed by atoms with E-state index in [9.17, 15) is 62.0 Å². The smallest absolute Gasteiger partial charge is 0.324 e. The minimum absolute atomic E-state index is 0.182. The second kappa shape index (κ2) is 11.8. The molecular formula is C13H32N3O14P5. The van der Waals surface area contributed by atoms with Gasteiger partial charge >= 0.3 is 38.0 Å². The summed E-state index contributed by atoms with van der Waals surface area (Å²) in [6, 6.07) is -1.68. The Labute approximate surface area is 201 Å². The topological polar surface area (TPSA) is 266 Å². The van der Waals surface area contributed by atoms with E-state index in [0.29, 0.717) is 12.8 Å². The first-order valence-corrected chi connectivity index (χ1v) is 19.3. The Morgan fingerprint density at radius 2 is 1.11 bits per heavy atom. The zero-order valence-electron chi connectivity index (χ0n) is 18.5. The molecule has 35 heavy (non-hydrogen) atoms. The van der Waals surface area contributed by atoms with E-state index < -0.39 is 81.5 Å². The van der Waals surface area contributed by atoms with E-state index in [2.05, 4.69) is 4.31 Å². The number of hydrogen-bond acceptors (Lipinski definition) is 9. The van der Waals surface area contributed by atoms with Crippen molar-refractivity contribution < 1.29 is 66.3 Å². The van der Waals surface area contributed by atoms with Gasteiger partial charge in [-0.25, -0.2) is 4.31 Å². The molecule has 0 amide bonds. The Morgan fingerprint density at radius 3 is 1.51 bits per heavy atom. The van der Waals surface area contributed by atoms with E-state index in [-0.39, 0.29) is 25.9 Å². The Morgan fingerprint density at radius 1 is 0.743 bits per heavy atom. The third-order valence-corrected chi connectivity index (χ3v) is 11.2. The summed E-state index contributed by atoms with van der Waals surface area (Å²) >= 11 is 0. The standard InChI is InChI=1S/C13H32N3O14P5/c17-31(18,19)9-15(6-5-14-7-34(26,27)30-35(28,29)8-14)12-3-1-2-4-13(12)16(10-32(20,21)22)11-33(23,24)25/h12-13H,1-11H2,(H,26,27)(H,28,29)(H2,17,18,19)(H2,20,21,22)(H2,23,24,25)/t12-,13-/m1/s1. The molecule has 17 nitrogen and oxygen atoms in total. The molecule has 1 saturated carbocycles. The lowest BCUT2D eigenvalue weighted by Crippen LogP contribution is -2.55. The van der Waals surface area contributed by atoms with Crippen molar-refractivity contribution in [3.05, 3.63) is 0 Å². The van der Waals surface area contributed by atoms with Crippen molar-refractivity contribution in [2.24, 2.45) is 0 Å². The fourth-order valence-corrected chi connectivity index (χ4v) is 10.7. The van der Waals surface area contributed by atoms with Gasteiger partial charge in [-0.15, -0.1) is 0 Å². The van der Waals surface area contributed by atoms with Crippen LogP contribution in [0.15, 0.2) is 0 Å². The van der Waals surface area contributed by atoms with Crippen LogP contribution in [0, 0.1) is 0 Å². The molecule has 1 aliphatic heterocycles. The minimum atomic E-state index is -4.77. The lowest BCUT2D eigenvalue weighted by molar-refractivity contribution is 0.0621. The average molecular weight is 609 g/mol. The lowest BCUT2D eigenvalue weighted by Gasteiger charge is -2.45. The van der Waals surface area contributed by atoms with Gasteiger partial charge in [0.25, 0.3) is 0 Å². The fourth-order valence-electron chi connectivity index (χ4n) is 4.46. The second-order valence-corrected chi connectivity index (χ2v) is 17.4. The average Bonchev–Trinajstić information content (AvgIpc) is 2.59. The third kappa shape index (κ3) is 11.9. The highest BCUT2D eigenvalue weighted by Gasteiger charge is 2.43. The first kappa shape index (κ1) is 31.9. The van der Waals surface area contributed by atoms with Gasteiger partial charge in [0.2, 0.25) is 0 Å². The second-order valence-electron chi connectivity index (χ2n) is 8.77. The van der Waals surface area contributed by atoms with E-state index in [1.54, 1.807) is 0 Å². The summed E-state index contributed by atoms with van der Waals surface area (Å²) in [6.45, 7) is -0.370. The molecule has 0 aromatic carbocycles. The Bertz CT molecular complexity index is 931. The normalized spacial score (nSPS) is 31.8. The molecule has 0 spiro atoms. The van der Waals surface area contributed by atoms with Crippen molar-refractivity contribution in [3.8, 4) is 0 Å². The molecule has 0 aromatic rings. The van der Waals surface area contributed by atoms with Crippen LogP contribution >= 0.6 is 38.0 Å².